The van der Waals surface area contributed by atoms with Crippen molar-refractivity contribution >= 4 is 32.5 Å². The second kappa shape index (κ2) is 10.1. The zero-order chi connectivity index (χ0) is 18.2. The molecule has 0 unspecified atom stereocenters. The largest absolute Gasteiger partial charge is 0.495 e. The van der Waals surface area contributed by atoms with Gasteiger partial charge in [-0.15, -0.1) is 0 Å². The molecule has 6 heteroatoms. The van der Waals surface area contributed by atoms with Crippen molar-refractivity contribution in [1.29, 1.82) is 0 Å². The van der Waals surface area contributed by atoms with Gasteiger partial charge in [0.1, 0.15) is 5.75 Å². The van der Waals surface area contributed by atoms with Gasteiger partial charge in [0, 0.05) is 43.4 Å². The lowest BCUT2D eigenvalue weighted by atomic mass is 10.1. The molecular weight excluding hydrogens is 394 g/mol. The Labute approximate surface area is 164 Å². The first-order valence-electron chi connectivity index (χ1n) is 9.46. The summed E-state index contributed by atoms with van der Waals surface area (Å²) in [7, 11) is 1.69. The molecule has 5 nitrogen and oxygen atoms in total. The molecule has 0 spiro atoms. The van der Waals surface area contributed by atoms with E-state index in [1.807, 2.05) is 18.3 Å². The molecule has 0 atom stereocenters. The Morgan fingerprint density at radius 2 is 2.04 bits per heavy atom. The Morgan fingerprint density at radius 1 is 1.23 bits per heavy atom. The molecular formula is C20H28BrN3O2. The number of hydrogen-bond acceptors (Lipinski definition) is 5. The number of benzene rings is 1. The molecule has 142 valence electrons. The summed E-state index contributed by atoms with van der Waals surface area (Å²) >= 11 is 3.61. The smallest absolute Gasteiger partial charge is 0.135 e. The number of pyridine rings is 1. The van der Waals surface area contributed by atoms with E-state index in [4.69, 9.17) is 9.47 Å². The number of anilines is 1. The Balaban J connectivity index is 1.44. The molecule has 1 aliphatic heterocycles. The van der Waals surface area contributed by atoms with Crippen molar-refractivity contribution in [2.45, 2.75) is 38.1 Å². The van der Waals surface area contributed by atoms with Crippen LogP contribution in [0, 0.1) is 0 Å². The third-order valence-electron chi connectivity index (χ3n) is 4.83. The quantitative estimate of drug-likeness (QED) is 0.589. The molecule has 26 heavy (non-hydrogen) atoms. The van der Waals surface area contributed by atoms with E-state index in [9.17, 15) is 0 Å². The average Bonchev–Trinajstić information content (AvgIpc) is 2.69. The average molecular weight is 422 g/mol. The number of ether oxygens (including phenoxy) is 2. The van der Waals surface area contributed by atoms with E-state index in [0.29, 0.717) is 6.04 Å². The molecule has 1 aromatic heterocycles. The second-order valence-electron chi connectivity index (χ2n) is 6.67. The summed E-state index contributed by atoms with van der Waals surface area (Å²) in [4.78, 5) is 4.53. The maximum atomic E-state index is 5.48. The number of aromatic nitrogens is 1. The van der Waals surface area contributed by atoms with E-state index < -0.39 is 0 Å². The van der Waals surface area contributed by atoms with Crippen molar-refractivity contribution in [1.82, 2.24) is 10.3 Å². The monoisotopic (exact) mass is 421 g/mol. The number of rotatable bonds is 9. The molecule has 0 bridgehead atoms. The zero-order valence-electron chi connectivity index (χ0n) is 15.4. The van der Waals surface area contributed by atoms with Gasteiger partial charge in [-0.2, -0.15) is 0 Å². The van der Waals surface area contributed by atoms with Crippen molar-refractivity contribution in [2.24, 2.45) is 0 Å². The highest BCUT2D eigenvalue weighted by Crippen LogP contribution is 2.36. The number of nitrogens with zero attached hydrogens (tertiary/aromatic N) is 1. The van der Waals surface area contributed by atoms with Crippen LogP contribution in [0.25, 0.3) is 10.9 Å². The molecule has 0 amide bonds. The van der Waals surface area contributed by atoms with Crippen LogP contribution in [-0.4, -0.2) is 44.4 Å². The molecule has 0 radical (unpaired) electrons. The minimum absolute atomic E-state index is 0.648. The van der Waals surface area contributed by atoms with Gasteiger partial charge in [0.05, 0.1) is 22.8 Å². The summed E-state index contributed by atoms with van der Waals surface area (Å²) < 4.78 is 11.8. The van der Waals surface area contributed by atoms with E-state index in [-0.39, 0.29) is 0 Å². The van der Waals surface area contributed by atoms with Crippen LogP contribution in [-0.2, 0) is 4.74 Å². The number of nitrogens with one attached hydrogen (secondary N) is 2. The van der Waals surface area contributed by atoms with Gasteiger partial charge in [0.15, 0.2) is 0 Å². The highest BCUT2D eigenvalue weighted by Gasteiger charge is 2.12. The summed E-state index contributed by atoms with van der Waals surface area (Å²) in [5, 5.41) is 8.24. The summed E-state index contributed by atoms with van der Waals surface area (Å²) in [5.74, 6) is 0.827. The first-order valence-corrected chi connectivity index (χ1v) is 10.2. The van der Waals surface area contributed by atoms with Gasteiger partial charge in [0.25, 0.3) is 0 Å². The van der Waals surface area contributed by atoms with Crippen LogP contribution in [0.2, 0.25) is 0 Å². The lowest BCUT2D eigenvalue weighted by Gasteiger charge is -2.23. The second-order valence-corrected chi connectivity index (χ2v) is 7.46. The van der Waals surface area contributed by atoms with Crippen molar-refractivity contribution in [3.63, 3.8) is 0 Å². The van der Waals surface area contributed by atoms with E-state index in [1.165, 1.54) is 12.8 Å². The van der Waals surface area contributed by atoms with E-state index in [1.54, 1.807) is 7.11 Å². The van der Waals surface area contributed by atoms with Crippen LogP contribution in [0.4, 0.5) is 5.69 Å². The molecule has 0 saturated carbocycles. The van der Waals surface area contributed by atoms with Crippen molar-refractivity contribution in [3.8, 4) is 5.75 Å². The van der Waals surface area contributed by atoms with Gasteiger partial charge in [-0.3, -0.25) is 4.98 Å². The lowest BCUT2D eigenvalue weighted by Crippen LogP contribution is -2.35. The zero-order valence-corrected chi connectivity index (χ0v) is 17.0. The van der Waals surface area contributed by atoms with Crippen LogP contribution in [0.5, 0.6) is 5.75 Å². The molecule has 2 heterocycles. The summed E-state index contributed by atoms with van der Waals surface area (Å²) in [6.45, 7) is 3.84. The Bertz CT molecular complexity index is 705. The molecule has 1 fully saturated rings. The van der Waals surface area contributed by atoms with Gasteiger partial charge in [-0.25, -0.2) is 0 Å². The number of methoxy groups -OCH3 is 1. The minimum atomic E-state index is 0.648. The number of unbranched alkanes of at least 4 members (excludes halogenated alkanes) is 2. The van der Waals surface area contributed by atoms with Crippen molar-refractivity contribution in [3.05, 3.63) is 28.9 Å². The van der Waals surface area contributed by atoms with E-state index >= 15 is 0 Å². The molecule has 2 aromatic rings. The van der Waals surface area contributed by atoms with Crippen molar-refractivity contribution in [2.75, 3.05) is 38.7 Å². The van der Waals surface area contributed by atoms with Gasteiger partial charge < -0.3 is 20.1 Å². The molecule has 0 aliphatic carbocycles. The molecule has 1 aliphatic rings. The molecule has 2 N–H and O–H groups in total. The van der Waals surface area contributed by atoms with Gasteiger partial charge in [-0.1, -0.05) is 6.42 Å². The summed E-state index contributed by atoms with van der Waals surface area (Å²) in [6.07, 6.45) is 7.68. The fourth-order valence-corrected chi connectivity index (χ4v) is 3.93. The SMILES string of the molecule is COc1cc(NCCCCCNC2CCOCC2)c2ncccc2c1Br. The Hall–Kier alpha value is -1.37. The predicted molar refractivity (Wildman–Crippen MR) is 110 cm³/mol. The first-order chi connectivity index (χ1) is 12.8. The maximum absolute atomic E-state index is 5.48. The fraction of sp³-hybridized carbons (Fsp3) is 0.550. The highest BCUT2D eigenvalue weighted by molar-refractivity contribution is 9.10. The Kier molecular flexibility index (Phi) is 7.53. The van der Waals surface area contributed by atoms with E-state index in [2.05, 4.69) is 37.6 Å². The first kappa shape index (κ1) is 19.4. The summed E-state index contributed by atoms with van der Waals surface area (Å²) in [5.41, 5.74) is 2.00. The highest BCUT2D eigenvalue weighted by atomic mass is 79.9. The van der Waals surface area contributed by atoms with Crippen LogP contribution >= 0.6 is 15.9 Å². The predicted octanol–water partition coefficient (Wildman–Crippen LogP) is 4.36. The molecule has 3 rings (SSSR count). The van der Waals surface area contributed by atoms with Crippen LogP contribution < -0.4 is 15.4 Å². The summed E-state index contributed by atoms with van der Waals surface area (Å²) in [6, 6.07) is 6.67. The third kappa shape index (κ3) is 5.09. The minimum Gasteiger partial charge on any atom is -0.495 e. The third-order valence-corrected chi connectivity index (χ3v) is 5.65. The van der Waals surface area contributed by atoms with Gasteiger partial charge in [0.2, 0.25) is 0 Å². The lowest BCUT2D eigenvalue weighted by molar-refractivity contribution is 0.0780. The number of fused-ring (bicyclic) bond motifs is 1. The standard InChI is InChI=1S/C20H28BrN3O2/c1-25-18-14-17(20-16(19(18)21)6-5-11-24-20)23-10-4-2-3-9-22-15-7-12-26-13-8-15/h5-6,11,14-15,22-23H,2-4,7-10,12-13H2,1H3. The van der Waals surface area contributed by atoms with E-state index in [0.717, 1.165) is 72.4 Å². The topological polar surface area (TPSA) is 55.4 Å². The number of hydrogen-bond donors (Lipinski definition) is 2. The van der Waals surface area contributed by atoms with Crippen LogP contribution in [0.15, 0.2) is 28.9 Å². The molecule has 1 saturated heterocycles. The van der Waals surface area contributed by atoms with Gasteiger partial charge in [-0.05, 0) is 60.3 Å². The van der Waals surface area contributed by atoms with Gasteiger partial charge >= 0.3 is 0 Å². The Morgan fingerprint density at radius 3 is 2.85 bits per heavy atom. The van der Waals surface area contributed by atoms with Crippen LogP contribution in [0.1, 0.15) is 32.1 Å². The fourth-order valence-electron chi connectivity index (χ4n) is 3.33. The molecule has 1 aromatic carbocycles. The normalized spacial score (nSPS) is 15.3. The number of halogens is 1. The van der Waals surface area contributed by atoms with Crippen molar-refractivity contribution < 1.29 is 9.47 Å². The van der Waals surface area contributed by atoms with Crippen LogP contribution in [0.3, 0.4) is 0 Å². The maximum Gasteiger partial charge on any atom is 0.135 e.